The third-order valence-corrected chi connectivity index (χ3v) is 6.22. The Hall–Kier alpha value is -3.15. The number of aromatic nitrogens is 4. The first kappa shape index (κ1) is 18.9. The van der Waals surface area contributed by atoms with Crippen molar-refractivity contribution < 1.29 is 4.79 Å². The van der Waals surface area contributed by atoms with E-state index >= 15 is 0 Å². The van der Waals surface area contributed by atoms with Crippen molar-refractivity contribution in [1.82, 2.24) is 20.2 Å². The second kappa shape index (κ2) is 7.59. The molecule has 6 nitrogen and oxygen atoms in total. The molecule has 152 valence electrons. The van der Waals surface area contributed by atoms with E-state index in [0.29, 0.717) is 25.3 Å². The number of rotatable bonds is 5. The molecule has 6 heteroatoms. The second-order valence-electron chi connectivity index (χ2n) is 8.49. The summed E-state index contributed by atoms with van der Waals surface area (Å²) in [6.45, 7) is 4.68. The van der Waals surface area contributed by atoms with Crippen LogP contribution < -0.4 is 0 Å². The van der Waals surface area contributed by atoms with Gasteiger partial charge in [0.1, 0.15) is 5.78 Å². The summed E-state index contributed by atoms with van der Waals surface area (Å²) in [4.78, 5) is 26.3. The van der Waals surface area contributed by atoms with Gasteiger partial charge in [-0.1, -0.05) is 0 Å². The van der Waals surface area contributed by atoms with Crippen LogP contribution in [0.25, 0.3) is 0 Å². The molecule has 0 fully saturated rings. The molecule has 0 radical (unpaired) electrons. The highest BCUT2D eigenvalue weighted by Gasteiger charge is 2.25. The topological polar surface area (TPSA) is 83.9 Å². The molecule has 1 aliphatic heterocycles. The highest BCUT2D eigenvalue weighted by Crippen LogP contribution is 2.29. The number of Topliss-reactive ketones (excluding diaryl/α,β-unsaturated/α-hetero) is 1. The van der Waals surface area contributed by atoms with Crippen molar-refractivity contribution in [1.29, 1.82) is 0 Å². The summed E-state index contributed by atoms with van der Waals surface area (Å²) in [5.74, 6) is 0.668. The summed E-state index contributed by atoms with van der Waals surface area (Å²) in [6.07, 6.45) is 7.63. The van der Waals surface area contributed by atoms with Crippen molar-refractivity contribution in [2.45, 2.75) is 52.5 Å². The SMILES string of the molecule is Cc1cc(C2=NCc3cc(CC(=O)CC4CCc5n[nH]c(C)c5C4)ncc32)ccn1. The van der Waals surface area contributed by atoms with Crippen LogP contribution in [0.15, 0.2) is 35.6 Å². The Morgan fingerprint density at radius 1 is 1.23 bits per heavy atom. The molecule has 0 aromatic carbocycles. The molecule has 3 aromatic heterocycles. The van der Waals surface area contributed by atoms with E-state index in [2.05, 4.69) is 33.2 Å². The fourth-order valence-corrected chi connectivity index (χ4v) is 4.66. The highest BCUT2D eigenvalue weighted by molar-refractivity contribution is 6.15. The molecule has 3 aromatic rings. The fourth-order valence-electron chi connectivity index (χ4n) is 4.66. The van der Waals surface area contributed by atoms with Gasteiger partial charge in [0.05, 0.1) is 18.0 Å². The van der Waals surface area contributed by atoms with Gasteiger partial charge in [-0.3, -0.25) is 24.9 Å². The van der Waals surface area contributed by atoms with Gasteiger partial charge in [-0.2, -0.15) is 5.10 Å². The van der Waals surface area contributed by atoms with Crippen LogP contribution in [0.4, 0.5) is 0 Å². The molecular formula is C24H25N5O. The quantitative estimate of drug-likeness (QED) is 0.712. The third kappa shape index (κ3) is 3.58. The lowest BCUT2D eigenvalue weighted by Crippen LogP contribution is -2.19. The van der Waals surface area contributed by atoms with Gasteiger partial charge in [-0.05, 0) is 68.4 Å². The number of aromatic amines is 1. The third-order valence-electron chi connectivity index (χ3n) is 6.22. The van der Waals surface area contributed by atoms with E-state index in [4.69, 9.17) is 4.99 Å². The number of hydrogen-bond acceptors (Lipinski definition) is 5. The molecule has 1 unspecified atom stereocenters. The van der Waals surface area contributed by atoms with Crippen molar-refractivity contribution in [3.05, 3.63) is 75.6 Å². The van der Waals surface area contributed by atoms with Crippen molar-refractivity contribution in [2.75, 3.05) is 0 Å². The Bertz CT molecular complexity index is 1160. The Morgan fingerprint density at radius 2 is 2.13 bits per heavy atom. The maximum absolute atomic E-state index is 12.7. The fraction of sp³-hybridized carbons (Fsp3) is 0.375. The second-order valence-corrected chi connectivity index (χ2v) is 8.49. The van der Waals surface area contributed by atoms with Crippen LogP contribution in [0.1, 0.15) is 57.9 Å². The molecule has 0 spiro atoms. The molecule has 1 atom stereocenters. The van der Waals surface area contributed by atoms with Crippen LogP contribution in [-0.2, 0) is 30.6 Å². The van der Waals surface area contributed by atoms with E-state index in [1.54, 1.807) is 0 Å². The van der Waals surface area contributed by atoms with Gasteiger partial charge in [-0.25, -0.2) is 0 Å². The zero-order chi connectivity index (χ0) is 20.7. The average Bonchev–Trinajstić information content (AvgIpc) is 3.31. The first-order valence-corrected chi connectivity index (χ1v) is 10.6. The van der Waals surface area contributed by atoms with Gasteiger partial charge in [0, 0.05) is 53.4 Å². The van der Waals surface area contributed by atoms with Crippen LogP contribution in [-0.4, -0.2) is 31.7 Å². The lowest BCUT2D eigenvalue weighted by atomic mass is 9.83. The molecular weight excluding hydrogens is 374 g/mol. The van der Waals surface area contributed by atoms with E-state index in [0.717, 1.165) is 58.7 Å². The number of hydrogen-bond donors (Lipinski definition) is 1. The van der Waals surface area contributed by atoms with Crippen LogP contribution in [0.3, 0.4) is 0 Å². The number of pyridine rings is 2. The first-order chi connectivity index (χ1) is 14.6. The van der Waals surface area contributed by atoms with Gasteiger partial charge < -0.3 is 0 Å². The van der Waals surface area contributed by atoms with Crippen molar-refractivity contribution in [3.63, 3.8) is 0 Å². The molecule has 5 rings (SSSR count). The molecule has 0 saturated heterocycles. The Labute approximate surface area is 175 Å². The first-order valence-electron chi connectivity index (χ1n) is 10.6. The number of ketones is 1. The minimum atomic E-state index is 0.265. The van der Waals surface area contributed by atoms with E-state index in [1.165, 1.54) is 11.3 Å². The summed E-state index contributed by atoms with van der Waals surface area (Å²) in [5, 5.41) is 7.45. The van der Waals surface area contributed by atoms with Crippen LogP contribution in [0, 0.1) is 19.8 Å². The lowest BCUT2D eigenvalue weighted by molar-refractivity contribution is -0.119. The zero-order valence-corrected chi connectivity index (χ0v) is 17.4. The smallest absolute Gasteiger partial charge is 0.139 e. The summed E-state index contributed by atoms with van der Waals surface area (Å²) in [5.41, 5.74) is 9.69. The highest BCUT2D eigenvalue weighted by atomic mass is 16.1. The molecule has 1 N–H and O–H groups in total. The number of nitrogens with one attached hydrogen (secondary N) is 1. The number of fused-ring (bicyclic) bond motifs is 2. The van der Waals surface area contributed by atoms with Crippen molar-refractivity contribution in [3.8, 4) is 0 Å². The summed E-state index contributed by atoms with van der Waals surface area (Å²) < 4.78 is 0. The number of carbonyl (C=O) groups excluding carboxylic acids is 1. The number of H-pyrrole nitrogens is 1. The minimum Gasteiger partial charge on any atom is -0.299 e. The lowest BCUT2D eigenvalue weighted by Gasteiger charge is -2.21. The Morgan fingerprint density at radius 3 is 3.00 bits per heavy atom. The summed E-state index contributed by atoms with van der Waals surface area (Å²) >= 11 is 0. The van der Waals surface area contributed by atoms with Gasteiger partial charge in [-0.15, -0.1) is 0 Å². The Kier molecular flexibility index (Phi) is 4.77. The van der Waals surface area contributed by atoms with Crippen molar-refractivity contribution in [2.24, 2.45) is 10.9 Å². The predicted molar refractivity (Wildman–Crippen MR) is 115 cm³/mol. The summed E-state index contributed by atoms with van der Waals surface area (Å²) in [7, 11) is 0. The average molecular weight is 399 g/mol. The summed E-state index contributed by atoms with van der Waals surface area (Å²) in [6, 6.07) is 6.08. The molecule has 4 heterocycles. The standard InChI is InChI=1S/C24H25N5O/c1-14-7-17(5-6-25-14)24-22-13-26-19(10-18(22)12-27-24)11-20(30)8-16-3-4-23-21(9-16)15(2)28-29-23/h5-7,10,13,16H,3-4,8-9,11-12H2,1-2H3,(H,28,29). The van der Waals surface area contributed by atoms with E-state index in [9.17, 15) is 4.79 Å². The van der Waals surface area contributed by atoms with Gasteiger partial charge in [0.2, 0.25) is 0 Å². The van der Waals surface area contributed by atoms with Crippen LogP contribution in [0.2, 0.25) is 0 Å². The molecule has 30 heavy (non-hydrogen) atoms. The molecule has 1 aliphatic carbocycles. The molecule has 2 aliphatic rings. The molecule has 0 amide bonds. The number of aliphatic imine (C=N–C) groups is 1. The maximum Gasteiger partial charge on any atom is 0.139 e. The number of aryl methyl sites for hydroxylation is 3. The monoisotopic (exact) mass is 399 g/mol. The van der Waals surface area contributed by atoms with Gasteiger partial charge >= 0.3 is 0 Å². The number of carbonyl (C=O) groups is 1. The van der Waals surface area contributed by atoms with Crippen molar-refractivity contribution >= 4 is 11.5 Å². The van der Waals surface area contributed by atoms with Gasteiger partial charge in [0.25, 0.3) is 0 Å². The minimum absolute atomic E-state index is 0.265. The van der Waals surface area contributed by atoms with E-state index < -0.39 is 0 Å². The number of nitrogens with zero attached hydrogens (tertiary/aromatic N) is 4. The van der Waals surface area contributed by atoms with E-state index in [1.807, 2.05) is 31.5 Å². The predicted octanol–water partition coefficient (Wildman–Crippen LogP) is 3.47. The maximum atomic E-state index is 12.7. The molecule has 0 saturated carbocycles. The normalized spacial score (nSPS) is 17.4. The van der Waals surface area contributed by atoms with Gasteiger partial charge in [0.15, 0.2) is 0 Å². The van der Waals surface area contributed by atoms with Crippen LogP contribution >= 0.6 is 0 Å². The Balaban J connectivity index is 1.25. The zero-order valence-electron chi connectivity index (χ0n) is 17.4. The molecule has 0 bridgehead atoms. The van der Waals surface area contributed by atoms with Crippen LogP contribution in [0.5, 0.6) is 0 Å². The largest absolute Gasteiger partial charge is 0.299 e. The van der Waals surface area contributed by atoms with E-state index in [-0.39, 0.29) is 5.78 Å².